The maximum Gasteiger partial charge on any atom is 0.318 e. The van der Waals surface area contributed by atoms with Crippen LogP contribution in [0.25, 0.3) is 0 Å². The molecule has 0 aromatic carbocycles. The molecule has 2 aromatic rings. The Balaban J connectivity index is 1.70. The van der Waals surface area contributed by atoms with Gasteiger partial charge in [-0.3, -0.25) is 0 Å². The van der Waals surface area contributed by atoms with Crippen LogP contribution < -0.4 is 5.32 Å². The summed E-state index contributed by atoms with van der Waals surface area (Å²) in [6.45, 7) is 3.96. The fourth-order valence-electron chi connectivity index (χ4n) is 2.45. The minimum absolute atomic E-state index is 0.0518. The number of thiazole rings is 1. The lowest BCUT2D eigenvalue weighted by molar-refractivity contribution is 0.163. The Kier molecular flexibility index (Phi) is 3.96. The van der Waals surface area contributed by atoms with Gasteiger partial charge in [0.25, 0.3) is 0 Å². The molecule has 3 rings (SSSR count). The number of carbonyl (C=O) groups is 1. The Bertz CT molecular complexity index is 578. The molecule has 2 atom stereocenters. The van der Waals surface area contributed by atoms with E-state index in [0.717, 1.165) is 23.6 Å². The molecular formula is C15H19N3O2S. The summed E-state index contributed by atoms with van der Waals surface area (Å²) in [5, 5.41) is 5.88. The summed E-state index contributed by atoms with van der Waals surface area (Å²) in [5.41, 5.74) is 0. The number of urea groups is 1. The molecule has 0 spiro atoms. The normalized spacial score (nSPS) is 17.2. The number of rotatable bonds is 5. The number of nitrogens with zero attached hydrogens (tertiary/aromatic N) is 2. The Morgan fingerprint density at radius 2 is 2.33 bits per heavy atom. The summed E-state index contributed by atoms with van der Waals surface area (Å²) in [6.07, 6.45) is 5.52. The van der Waals surface area contributed by atoms with Gasteiger partial charge in [-0.25, -0.2) is 9.78 Å². The van der Waals surface area contributed by atoms with Crippen LogP contribution in [0, 0.1) is 0 Å². The Morgan fingerprint density at radius 1 is 1.52 bits per heavy atom. The molecule has 2 amide bonds. The molecule has 0 unspecified atom stereocenters. The first-order valence-corrected chi connectivity index (χ1v) is 8.06. The van der Waals surface area contributed by atoms with Crippen molar-refractivity contribution in [2.45, 2.75) is 44.8 Å². The van der Waals surface area contributed by atoms with Crippen LogP contribution in [0.15, 0.2) is 34.4 Å². The predicted octanol–water partition coefficient (Wildman–Crippen LogP) is 3.73. The molecular weight excluding hydrogens is 286 g/mol. The van der Waals surface area contributed by atoms with E-state index < -0.39 is 0 Å². The first kappa shape index (κ1) is 14.1. The van der Waals surface area contributed by atoms with Crippen LogP contribution >= 0.6 is 11.3 Å². The Labute approximate surface area is 128 Å². The SMILES string of the molecule is C[C@@H](NC(=O)N(C1CC1)[C@@H](C)c1ccco1)c1nccs1. The molecule has 1 saturated carbocycles. The van der Waals surface area contributed by atoms with Crippen LogP contribution in [-0.4, -0.2) is 22.0 Å². The zero-order chi connectivity index (χ0) is 14.8. The van der Waals surface area contributed by atoms with Crippen molar-refractivity contribution in [3.8, 4) is 0 Å². The van der Waals surface area contributed by atoms with Crippen molar-refractivity contribution in [3.05, 3.63) is 40.7 Å². The van der Waals surface area contributed by atoms with Crippen LogP contribution in [0.4, 0.5) is 4.79 Å². The summed E-state index contributed by atoms with van der Waals surface area (Å²) in [4.78, 5) is 18.8. The monoisotopic (exact) mass is 305 g/mol. The van der Waals surface area contributed by atoms with Crippen LogP contribution in [-0.2, 0) is 0 Å². The van der Waals surface area contributed by atoms with Crippen molar-refractivity contribution in [1.82, 2.24) is 15.2 Å². The van der Waals surface area contributed by atoms with Gasteiger partial charge in [0.15, 0.2) is 0 Å². The number of nitrogens with one attached hydrogen (secondary N) is 1. The van der Waals surface area contributed by atoms with Crippen molar-refractivity contribution >= 4 is 17.4 Å². The van der Waals surface area contributed by atoms with E-state index in [1.165, 1.54) is 0 Å². The van der Waals surface area contributed by atoms with Gasteiger partial charge in [-0.2, -0.15) is 0 Å². The molecule has 5 nitrogen and oxygen atoms in total. The Morgan fingerprint density at radius 3 is 2.90 bits per heavy atom. The van der Waals surface area contributed by atoms with Gasteiger partial charge in [0.2, 0.25) is 0 Å². The molecule has 1 aliphatic carbocycles. The van der Waals surface area contributed by atoms with Crippen molar-refractivity contribution < 1.29 is 9.21 Å². The topological polar surface area (TPSA) is 58.4 Å². The van der Waals surface area contributed by atoms with Gasteiger partial charge in [-0.05, 0) is 38.8 Å². The lowest BCUT2D eigenvalue weighted by Gasteiger charge is -2.29. The van der Waals surface area contributed by atoms with Crippen molar-refractivity contribution in [2.24, 2.45) is 0 Å². The van der Waals surface area contributed by atoms with Gasteiger partial charge in [-0.1, -0.05) is 0 Å². The summed E-state index contributed by atoms with van der Waals surface area (Å²) < 4.78 is 5.45. The minimum Gasteiger partial charge on any atom is -0.467 e. The number of furan rings is 1. The van der Waals surface area contributed by atoms with Crippen LogP contribution in [0.2, 0.25) is 0 Å². The molecule has 1 fully saturated rings. The molecule has 1 N–H and O–H groups in total. The van der Waals surface area contributed by atoms with Crippen molar-refractivity contribution in [1.29, 1.82) is 0 Å². The second-order valence-corrected chi connectivity index (χ2v) is 6.30. The maximum absolute atomic E-state index is 12.6. The highest BCUT2D eigenvalue weighted by Crippen LogP contribution is 2.34. The number of aromatic nitrogens is 1. The highest BCUT2D eigenvalue weighted by atomic mass is 32.1. The summed E-state index contributed by atoms with van der Waals surface area (Å²) in [5.74, 6) is 0.818. The number of amides is 2. The summed E-state index contributed by atoms with van der Waals surface area (Å²) >= 11 is 1.55. The first-order chi connectivity index (χ1) is 10.2. The Hall–Kier alpha value is -1.82. The quantitative estimate of drug-likeness (QED) is 0.915. The number of carbonyl (C=O) groups excluding carboxylic acids is 1. The molecule has 2 heterocycles. The van der Waals surface area contributed by atoms with Crippen molar-refractivity contribution in [3.63, 3.8) is 0 Å². The molecule has 6 heteroatoms. The van der Waals surface area contributed by atoms with E-state index in [9.17, 15) is 4.79 Å². The molecule has 2 aromatic heterocycles. The van der Waals surface area contributed by atoms with Gasteiger partial charge < -0.3 is 14.6 Å². The second-order valence-electron chi connectivity index (χ2n) is 5.37. The lowest BCUT2D eigenvalue weighted by Crippen LogP contribution is -2.43. The van der Waals surface area contributed by atoms with Crippen LogP contribution in [0.1, 0.15) is 49.5 Å². The number of hydrogen-bond acceptors (Lipinski definition) is 4. The average molecular weight is 305 g/mol. The first-order valence-electron chi connectivity index (χ1n) is 7.18. The molecule has 1 aliphatic rings. The molecule has 0 saturated heterocycles. The van der Waals surface area contributed by atoms with Crippen LogP contribution in [0.3, 0.4) is 0 Å². The van der Waals surface area contributed by atoms with Gasteiger partial charge in [0, 0.05) is 17.6 Å². The summed E-state index contributed by atoms with van der Waals surface area (Å²) in [6, 6.07) is 3.89. The fraction of sp³-hybridized carbons (Fsp3) is 0.467. The highest BCUT2D eigenvalue weighted by molar-refractivity contribution is 7.09. The van der Waals surface area contributed by atoms with Crippen LogP contribution in [0.5, 0.6) is 0 Å². The maximum atomic E-state index is 12.6. The smallest absolute Gasteiger partial charge is 0.318 e. The highest BCUT2D eigenvalue weighted by Gasteiger charge is 2.37. The van der Waals surface area contributed by atoms with Gasteiger partial charge in [0.05, 0.1) is 18.3 Å². The van der Waals surface area contributed by atoms with E-state index in [1.807, 2.05) is 36.3 Å². The molecule has 0 radical (unpaired) electrons. The van der Waals surface area contributed by atoms with E-state index in [0.29, 0.717) is 6.04 Å². The lowest BCUT2D eigenvalue weighted by atomic mass is 10.2. The van der Waals surface area contributed by atoms with E-state index in [-0.39, 0.29) is 18.1 Å². The molecule has 112 valence electrons. The zero-order valence-electron chi connectivity index (χ0n) is 12.2. The third-order valence-electron chi connectivity index (χ3n) is 3.71. The fourth-order valence-corrected chi connectivity index (χ4v) is 3.09. The van der Waals surface area contributed by atoms with Gasteiger partial charge in [0.1, 0.15) is 10.8 Å². The molecule has 0 aliphatic heterocycles. The van der Waals surface area contributed by atoms with Gasteiger partial charge in [-0.15, -0.1) is 11.3 Å². The predicted molar refractivity (Wildman–Crippen MR) is 81.0 cm³/mol. The van der Waals surface area contributed by atoms with E-state index in [4.69, 9.17) is 4.42 Å². The van der Waals surface area contributed by atoms with Gasteiger partial charge >= 0.3 is 6.03 Å². The second kappa shape index (κ2) is 5.89. The largest absolute Gasteiger partial charge is 0.467 e. The molecule has 0 bridgehead atoms. The van der Waals surface area contributed by atoms with E-state index in [1.54, 1.807) is 23.8 Å². The average Bonchev–Trinajstić information content (AvgIpc) is 3.01. The summed E-state index contributed by atoms with van der Waals surface area (Å²) in [7, 11) is 0. The zero-order valence-corrected chi connectivity index (χ0v) is 13.0. The third kappa shape index (κ3) is 3.10. The molecule has 21 heavy (non-hydrogen) atoms. The third-order valence-corrected chi connectivity index (χ3v) is 4.67. The van der Waals surface area contributed by atoms with E-state index >= 15 is 0 Å². The number of hydrogen-bond donors (Lipinski definition) is 1. The standard InChI is InChI=1S/C15H19N3O2S/c1-10(14-16-7-9-21-14)17-15(19)18(12-5-6-12)11(2)13-4-3-8-20-13/h3-4,7-12H,5-6H2,1-2H3,(H,17,19)/t10-,11+/m1/s1. The van der Waals surface area contributed by atoms with E-state index in [2.05, 4.69) is 10.3 Å². The van der Waals surface area contributed by atoms with Crippen molar-refractivity contribution in [2.75, 3.05) is 0 Å². The minimum atomic E-state index is -0.0810.